The van der Waals surface area contributed by atoms with Gasteiger partial charge in [0.25, 0.3) is 5.56 Å². The van der Waals surface area contributed by atoms with Crippen LogP contribution in [0, 0.1) is 0 Å². The quantitative estimate of drug-likeness (QED) is 0.882. The van der Waals surface area contributed by atoms with E-state index in [1.165, 1.54) is 5.57 Å². The van der Waals surface area contributed by atoms with Crippen LogP contribution >= 0.6 is 11.6 Å². The fourth-order valence-corrected chi connectivity index (χ4v) is 4.16. The Morgan fingerprint density at radius 1 is 1.19 bits per heavy atom. The standard InChI is InChI=1S/C20H20ClN3O3/c21-14-3-1-2-13(8-14)10-23-7-6-16-17(11-23)22-24(20(16)25)15-4-5-18-19(9-15)27-12-26-18/h2,4-5,8-9,22H,1,3,6-7,10-12H2. The number of fused-ring (bicyclic) bond motifs is 2. The van der Waals surface area contributed by atoms with Crippen LogP contribution in [0.25, 0.3) is 5.69 Å². The molecule has 0 unspecified atom stereocenters. The first-order chi connectivity index (χ1) is 13.2. The van der Waals surface area contributed by atoms with Gasteiger partial charge in [0.15, 0.2) is 11.5 Å². The molecule has 1 aromatic carbocycles. The van der Waals surface area contributed by atoms with Gasteiger partial charge in [-0.25, -0.2) is 4.68 Å². The van der Waals surface area contributed by atoms with E-state index in [1.807, 2.05) is 18.2 Å². The summed E-state index contributed by atoms with van der Waals surface area (Å²) in [5, 5.41) is 4.21. The van der Waals surface area contributed by atoms with Crippen LogP contribution in [0.5, 0.6) is 11.5 Å². The minimum absolute atomic E-state index is 0.0170. The number of ether oxygens (including phenoxy) is 2. The number of benzene rings is 1. The van der Waals surface area contributed by atoms with Gasteiger partial charge in [0.05, 0.1) is 11.4 Å². The van der Waals surface area contributed by atoms with Crippen molar-refractivity contribution in [1.82, 2.24) is 14.7 Å². The highest BCUT2D eigenvalue weighted by molar-refractivity contribution is 6.29. The number of hydrogen-bond donors (Lipinski definition) is 1. The Kier molecular flexibility index (Phi) is 4.10. The van der Waals surface area contributed by atoms with Crippen molar-refractivity contribution >= 4 is 11.6 Å². The van der Waals surface area contributed by atoms with Gasteiger partial charge < -0.3 is 9.47 Å². The molecule has 0 fully saturated rings. The van der Waals surface area contributed by atoms with E-state index in [9.17, 15) is 4.79 Å². The Balaban J connectivity index is 1.39. The summed E-state index contributed by atoms with van der Waals surface area (Å²) in [6.07, 6.45) is 7.00. The third-order valence-electron chi connectivity index (χ3n) is 5.28. The molecule has 27 heavy (non-hydrogen) atoms. The normalized spacial score (nSPS) is 18.9. The Labute approximate surface area is 161 Å². The van der Waals surface area contributed by atoms with Crippen molar-refractivity contribution in [2.75, 3.05) is 19.9 Å². The SMILES string of the molecule is O=c1c2c([nH]n1-c1ccc3c(c1)OCO3)CN(CC1=CCCC(Cl)=C1)CC2. The largest absolute Gasteiger partial charge is 0.454 e. The molecule has 1 aliphatic carbocycles. The summed E-state index contributed by atoms with van der Waals surface area (Å²) >= 11 is 6.17. The molecule has 0 radical (unpaired) electrons. The van der Waals surface area contributed by atoms with Gasteiger partial charge in [0.1, 0.15) is 0 Å². The summed E-state index contributed by atoms with van der Waals surface area (Å²) in [5.41, 5.74) is 3.89. The molecule has 0 saturated heterocycles. The van der Waals surface area contributed by atoms with Crippen molar-refractivity contribution in [3.63, 3.8) is 0 Å². The van der Waals surface area contributed by atoms with Crippen LogP contribution in [-0.4, -0.2) is 34.6 Å². The van der Waals surface area contributed by atoms with Crippen LogP contribution in [0.3, 0.4) is 0 Å². The molecule has 2 aromatic rings. The molecule has 5 rings (SSSR count). The first kappa shape index (κ1) is 16.7. The molecule has 0 bridgehead atoms. The summed E-state index contributed by atoms with van der Waals surface area (Å²) < 4.78 is 12.4. The second-order valence-corrected chi connectivity index (χ2v) is 7.60. The number of rotatable bonds is 3. The van der Waals surface area contributed by atoms with Crippen molar-refractivity contribution in [1.29, 1.82) is 0 Å². The second kappa shape index (κ2) is 6.62. The summed E-state index contributed by atoms with van der Waals surface area (Å²) in [6.45, 7) is 2.67. The molecule has 6 nitrogen and oxygen atoms in total. The average molecular weight is 386 g/mol. The highest BCUT2D eigenvalue weighted by Gasteiger charge is 2.24. The molecule has 0 spiro atoms. The predicted molar refractivity (Wildman–Crippen MR) is 103 cm³/mol. The highest BCUT2D eigenvalue weighted by atomic mass is 35.5. The van der Waals surface area contributed by atoms with Gasteiger partial charge in [-0.2, -0.15) is 0 Å². The Morgan fingerprint density at radius 2 is 2.07 bits per heavy atom. The smallest absolute Gasteiger partial charge is 0.274 e. The maximum atomic E-state index is 12.9. The zero-order valence-corrected chi connectivity index (χ0v) is 15.6. The van der Waals surface area contributed by atoms with Crippen molar-refractivity contribution in [2.24, 2.45) is 0 Å². The number of aromatic amines is 1. The molecule has 3 heterocycles. The van der Waals surface area contributed by atoms with E-state index in [-0.39, 0.29) is 12.4 Å². The molecule has 2 aliphatic heterocycles. The van der Waals surface area contributed by atoms with Crippen molar-refractivity contribution in [2.45, 2.75) is 25.8 Å². The molecule has 0 saturated carbocycles. The van der Waals surface area contributed by atoms with Crippen LogP contribution in [0.4, 0.5) is 0 Å². The Morgan fingerprint density at radius 3 is 2.96 bits per heavy atom. The van der Waals surface area contributed by atoms with Gasteiger partial charge in [-0.1, -0.05) is 17.7 Å². The van der Waals surface area contributed by atoms with Crippen LogP contribution in [0.2, 0.25) is 0 Å². The number of nitrogens with zero attached hydrogens (tertiary/aromatic N) is 2. The van der Waals surface area contributed by atoms with E-state index in [2.05, 4.69) is 22.2 Å². The maximum Gasteiger partial charge on any atom is 0.274 e. The predicted octanol–water partition coefficient (Wildman–Crippen LogP) is 3.10. The minimum atomic E-state index is 0.0170. The lowest BCUT2D eigenvalue weighted by atomic mass is 10.0. The number of H-pyrrole nitrogens is 1. The van der Waals surface area contributed by atoms with Gasteiger partial charge in [-0.3, -0.25) is 14.8 Å². The molecule has 0 amide bonds. The third-order valence-corrected chi connectivity index (χ3v) is 5.58. The number of aromatic nitrogens is 2. The molecule has 1 aromatic heterocycles. The van der Waals surface area contributed by atoms with E-state index in [4.69, 9.17) is 21.1 Å². The minimum Gasteiger partial charge on any atom is -0.454 e. The number of allylic oxidation sites excluding steroid dienone is 2. The van der Waals surface area contributed by atoms with E-state index in [1.54, 1.807) is 4.68 Å². The van der Waals surface area contributed by atoms with Crippen LogP contribution in [-0.2, 0) is 13.0 Å². The van der Waals surface area contributed by atoms with Gasteiger partial charge in [-0.05, 0) is 43.0 Å². The molecule has 7 heteroatoms. The summed E-state index contributed by atoms with van der Waals surface area (Å²) in [6, 6.07) is 5.54. The molecule has 3 aliphatic rings. The maximum absolute atomic E-state index is 12.9. The summed E-state index contributed by atoms with van der Waals surface area (Å²) in [5.74, 6) is 1.38. The lowest BCUT2D eigenvalue weighted by Crippen LogP contribution is -2.33. The fourth-order valence-electron chi connectivity index (χ4n) is 3.92. The van der Waals surface area contributed by atoms with E-state index in [0.717, 1.165) is 60.9 Å². The Hall–Kier alpha value is -2.44. The number of hydrogen-bond acceptors (Lipinski definition) is 4. The zero-order valence-electron chi connectivity index (χ0n) is 14.8. The topological polar surface area (TPSA) is 59.5 Å². The molecular formula is C20H20ClN3O3. The lowest BCUT2D eigenvalue weighted by Gasteiger charge is -2.27. The van der Waals surface area contributed by atoms with Crippen molar-refractivity contribution < 1.29 is 9.47 Å². The van der Waals surface area contributed by atoms with Gasteiger partial charge in [0.2, 0.25) is 6.79 Å². The van der Waals surface area contributed by atoms with Crippen molar-refractivity contribution in [3.8, 4) is 17.2 Å². The average Bonchev–Trinajstić information content (AvgIpc) is 3.25. The summed E-state index contributed by atoms with van der Waals surface area (Å²) in [4.78, 5) is 15.2. The summed E-state index contributed by atoms with van der Waals surface area (Å²) in [7, 11) is 0. The van der Waals surface area contributed by atoms with E-state index < -0.39 is 0 Å². The molecule has 1 N–H and O–H groups in total. The third kappa shape index (κ3) is 3.09. The van der Waals surface area contributed by atoms with Crippen LogP contribution < -0.4 is 15.0 Å². The van der Waals surface area contributed by atoms with Crippen LogP contribution in [0.15, 0.2) is 45.8 Å². The fraction of sp³-hybridized carbons (Fsp3) is 0.350. The molecule has 0 atom stereocenters. The molecule has 140 valence electrons. The zero-order chi connectivity index (χ0) is 18.4. The van der Waals surface area contributed by atoms with Gasteiger partial charge >= 0.3 is 0 Å². The first-order valence-corrected chi connectivity index (χ1v) is 9.55. The first-order valence-electron chi connectivity index (χ1n) is 9.17. The number of nitrogens with one attached hydrogen (secondary N) is 1. The van der Waals surface area contributed by atoms with Gasteiger partial charge in [0, 0.05) is 36.3 Å². The van der Waals surface area contributed by atoms with Gasteiger partial charge in [-0.15, -0.1) is 0 Å². The van der Waals surface area contributed by atoms with E-state index in [0.29, 0.717) is 11.5 Å². The van der Waals surface area contributed by atoms with E-state index >= 15 is 0 Å². The second-order valence-electron chi connectivity index (χ2n) is 7.12. The molecular weight excluding hydrogens is 366 g/mol. The van der Waals surface area contributed by atoms with Crippen molar-refractivity contribution in [3.05, 3.63) is 62.6 Å². The van der Waals surface area contributed by atoms with Crippen LogP contribution in [0.1, 0.15) is 24.1 Å². The lowest BCUT2D eigenvalue weighted by molar-refractivity contribution is 0.174. The highest BCUT2D eigenvalue weighted by Crippen LogP contribution is 2.33. The monoisotopic (exact) mass is 385 g/mol. The Bertz CT molecular complexity index is 1020. The number of halogens is 1.